The van der Waals surface area contributed by atoms with Crippen LogP contribution in [0.4, 0.5) is 13.2 Å². The van der Waals surface area contributed by atoms with Crippen molar-refractivity contribution >= 4 is 5.65 Å². The normalized spacial score (nSPS) is 12.0. The molecule has 0 radical (unpaired) electrons. The monoisotopic (exact) mass is 276 g/mol. The van der Waals surface area contributed by atoms with Gasteiger partial charge in [-0.1, -0.05) is 18.2 Å². The summed E-state index contributed by atoms with van der Waals surface area (Å²) in [6.45, 7) is 1.91. The molecule has 2 nitrogen and oxygen atoms in total. The van der Waals surface area contributed by atoms with Crippen molar-refractivity contribution in [2.75, 3.05) is 0 Å². The summed E-state index contributed by atoms with van der Waals surface area (Å²) in [7, 11) is 0. The Kier molecular flexibility index (Phi) is 2.78. The Morgan fingerprint density at radius 1 is 1.10 bits per heavy atom. The van der Waals surface area contributed by atoms with E-state index in [2.05, 4.69) is 4.98 Å². The van der Waals surface area contributed by atoms with Crippen molar-refractivity contribution in [3.63, 3.8) is 0 Å². The highest BCUT2D eigenvalue weighted by molar-refractivity contribution is 5.67. The van der Waals surface area contributed by atoms with Crippen molar-refractivity contribution in [1.29, 1.82) is 0 Å². The number of nitrogens with zero attached hydrogens (tertiary/aromatic N) is 2. The molecule has 2 aromatic heterocycles. The third kappa shape index (κ3) is 2.15. The molecule has 5 heteroatoms. The van der Waals surface area contributed by atoms with Crippen molar-refractivity contribution < 1.29 is 13.2 Å². The van der Waals surface area contributed by atoms with E-state index in [4.69, 9.17) is 0 Å². The molecule has 102 valence electrons. The second-order valence-corrected chi connectivity index (χ2v) is 4.64. The number of hydrogen-bond donors (Lipinski definition) is 0. The maximum Gasteiger partial charge on any atom is 0.417 e. The van der Waals surface area contributed by atoms with E-state index in [0.29, 0.717) is 11.3 Å². The van der Waals surface area contributed by atoms with Gasteiger partial charge in [0, 0.05) is 18.0 Å². The van der Waals surface area contributed by atoms with Gasteiger partial charge in [-0.15, -0.1) is 0 Å². The lowest BCUT2D eigenvalue weighted by molar-refractivity contribution is -0.137. The smallest absolute Gasteiger partial charge is 0.306 e. The van der Waals surface area contributed by atoms with Crippen LogP contribution in [0.3, 0.4) is 0 Å². The van der Waals surface area contributed by atoms with Crippen LogP contribution in [0.2, 0.25) is 0 Å². The average Bonchev–Trinajstić information content (AvgIpc) is 2.80. The molecule has 20 heavy (non-hydrogen) atoms. The van der Waals surface area contributed by atoms with Crippen LogP contribution in [0, 0.1) is 6.92 Å². The van der Waals surface area contributed by atoms with Gasteiger partial charge in [0.15, 0.2) is 0 Å². The first-order chi connectivity index (χ1) is 9.45. The summed E-state index contributed by atoms with van der Waals surface area (Å²) in [5.41, 5.74) is 1.40. The number of aromatic nitrogens is 2. The zero-order chi connectivity index (χ0) is 14.3. The number of halogens is 3. The van der Waals surface area contributed by atoms with Gasteiger partial charge in [-0.2, -0.15) is 13.2 Å². The number of benzene rings is 1. The highest BCUT2D eigenvalue weighted by Crippen LogP contribution is 2.36. The molecule has 0 atom stereocenters. The Hall–Kier alpha value is -2.30. The number of alkyl halides is 3. The minimum Gasteiger partial charge on any atom is -0.306 e. The van der Waals surface area contributed by atoms with Gasteiger partial charge in [0.2, 0.25) is 0 Å². The van der Waals surface area contributed by atoms with Crippen LogP contribution in [-0.4, -0.2) is 9.38 Å². The van der Waals surface area contributed by atoms with Crippen LogP contribution in [-0.2, 0) is 6.18 Å². The van der Waals surface area contributed by atoms with E-state index in [9.17, 15) is 13.2 Å². The number of aryl methyl sites for hydroxylation is 1. The standard InChI is InChI=1S/C15H11F3N2/c1-10-6-7-20-9-13(19-14(20)8-10)11-4-2-3-5-12(11)15(16,17)18/h2-9H,1H3. The van der Waals surface area contributed by atoms with Crippen molar-refractivity contribution in [2.24, 2.45) is 0 Å². The minimum absolute atomic E-state index is 0.0985. The van der Waals surface area contributed by atoms with Crippen LogP contribution in [0.1, 0.15) is 11.1 Å². The van der Waals surface area contributed by atoms with E-state index in [1.165, 1.54) is 12.1 Å². The SMILES string of the molecule is Cc1ccn2cc(-c3ccccc3C(F)(F)F)nc2c1. The first kappa shape index (κ1) is 12.7. The molecule has 0 fully saturated rings. The van der Waals surface area contributed by atoms with Crippen molar-refractivity contribution in [3.05, 3.63) is 59.9 Å². The summed E-state index contributed by atoms with van der Waals surface area (Å²) in [4.78, 5) is 4.28. The molecular weight excluding hydrogens is 265 g/mol. The lowest BCUT2D eigenvalue weighted by Crippen LogP contribution is -2.06. The third-order valence-electron chi connectivity index (χ3n) is 3.12. The molecule has 0 amide bonds. The fourth-order valence-electron chi connectivity index (χ4n) is 2.17. The Labute approximate surface area is 113 Å². The number of fused-ring (bicyclic) bond motifs is 1. The maximum absolute atomic E-state index is 13.0. The van der Waals surface area contributed by atoms with E-state index in [1.807, 2.05) is 19.1 Å². The summed E-state index contributed by atoms with van der Waals surface area (Å²) < 4.78 is 40.8. The van der Waals surface area contributed by atoms with Crippen LogP contribution >= 0.6 is 0 Å². The number of rotatable bonds is 1. The molecule has 2 heterocycles. The number of hydrogen-bond acceptors (Lipinski definition) is 1. The van der Waals surface area contributed by atoms with Gasteiger partial charge in [-0.05, 0) is 30.7 Å². The Morgan fingerprint density at radius 3 is 2.60 bits per heavy atom. The lowest BCUT2D eigenvalue weighted by Gasteiger charge is -2.10. The predicted octanol–water partition coefficient (Wildman–Crippen LogP) is 4.33. The van der Waals surface area contributed by atoms with Gasteiger partial charge >= 0.3 is 6.18 Å². The summed E-state index contributed by atoms with van der Waals surface area (Å²) in [6.07, 6.45) is -0.987. The van der Waals surface area contributed by atoms with E-state index < -0.39 is 11.7 Å². The molecule has 0 saturated heterocycles. The summed E-state index contributed by atoms with van der Waals surface area (Å²) in [6, 6.07) is 9.20. The third-order valence-corrected chi connectivity index (χ3v) is 3.12. The Balaban J connectivity index is 2.21. The van der Waals surface area contributed by atoms with Crippen molar-refractivity contribution in [1.82, 2.24) is 9.38 Å². The number of imidazole rings is 1. The maximum atomic E-state index is 13.0. The fraction of sp³-hybridized carbons (Fsp3) is 0.133. The molecule has 1 aromatic carbocycles. The summed E-state index contributed by atoms with van der Waals surface area (Å²) >= 11 is 0. The van der Waals surface area contributed by atoms with Crippen molar-refractivity contribution in [3.8, 4) is 11.3 Å². The largest absolute Gasteiger partial charge is 0.417 e. The van der Waals surface area contributed by atoms with Crippen molar-refractivity contribution in [2.45, 2.75) is 13.1 Å². The zero-order valence-electron chi connectivity index (χ0n) is 10.6. The van der Waals surface area contributed by atoms with Gasteiger partial charge < -0.3 is 4.40 Å². The van der Waals surface area contributed by atoms with Crippen LogP contribution in [0.25, 0.3) is 16.9 Å². The highest BCUT2D eigenvalue weighted by atomic mass is 19.4. The predicted molar refractivity (Wildman–Crippen MR) is 70.4 cm³/mol. The van der Waals surface area contributed by atoms with Crippen LogP contribution in [0.5, 0.6) is 0 Å². The van der Waals surface area contributed by atoms with Gasteiger partial charge in [0.1, 0.15) is 5.65 Å². The topological polar surface area (TPSA) is 17.3 Å². The van der Waals surface area contributed by atoms with E-state index >= 15 is 0 Å². The van der Waals surface area contributed by atoms with E-state index in [-0.39, 0.29) is 5.56 Å². The molecule has 0 aliphatic carbocycles. The first-order valence-corrected chi connectivity index (χ1v) is 6.07. The quantitative estimate of drug-likeness (QED) is 0.646. The molecule has 0 bridgehead atoms. The highest BCUT2D eigenvalue weighted by Gasteiger charge is 2.33. The second-order valence-electron chi connectivity index (χ2n) is 4.64. The molecular formula is C15H11F3N2. The molecule has 0 aliphatic rings. The molecule has 0 N–H and O–H groups in total. The fourth-order valence-corrected chi connectivity index (χ4v) is 2.17. The zero-order valence-corrected chi connectivity index (χ0v) is 10.6. The molecule has 3 aromatic rings. The van der Waals surface area contributed by atoms with Gasteiger partial charge in [0.25, 0.3) is 0 Å². The molecule has 3 rings (SSSR count). The second kappa shape index (κ2) is 4.37. The van der Waals surface area contributed by atoms with Crippen LogP contribution < -0.4 is 0 Å². The molecule has 0 spiro atoms. The van der Waals surface area contributed by atoms with E-state index in [1.54, 1.807) is 22.9 Å². The molecule has 0 saturated carbocycles. The summed E-state index contributed by atoms with van der Waals surface area (Å²) in [5.74, 6) is 0. The average molecular weight is 276 g/mol. The molecule has 0 unspecified atom stereocenters. The minimum atomic E-state index is -4.39. The molecule has 0 aliphatic heterocycles. The van der Waals surface area contributed by atoms with Crippen LogP contribution in [0.15, 0.2) is 48.8 Å². The summed E-state index contributed by atoms with van der Waals surface area (Å²) in [5, 5.41) is 0. The Morgan fingerprint density at radius 2 is 1.85 bits per heavy atom. The first-order valence-electron chi connectivity index (χ1n) is 6.07. The van der Waals surface area contributed by atoms with Gasteiger partial charge in [-0.3, -0.25) is 0 Å². The Bertz CT molecular complexity index is 772. The number of pyridine rings is 1. The lowest BCUT2D eigenvalue weighted by atomic mass is 10.1. The van der Waals surface area contributed by atoms with Gasteiger partial charge in [0.05, 0.1) is 11.3 Å². The van der Waals surface area contributed by atoms with E-state index in [0.717, 1.165) is 11.6 Å². The van der Waals surface area contributed by atoms with Gasteiger partial charge in [-0.25, -0.2) is 4.98 Å².